The quantitative estimate of drug-likeness (QED) is 0.175. The standard InChI is InChI=1S/C48H33N3/c1-48(2)42-21-11-10-19-39(42)44-40(20-12-22-43(44)48)47-50-45(31-13-4-3-5-14-31)49-46(51-47)32-25-23-30(24-26-32)33-27-28-38-36-17-7-6-15-34(36)35-16-8-9-18-37(35)41(38)29-33/h3-29H,1-2H3/i6D,7D,8D,9D,15D,16D,17D,18D,23D,24D,25D,26D,27D,28D,29D. The largest absolute Gasteiger partial charge is 0.208 e. The van der Waals surface area contributed by atoms with Crippen molar-refractivity contribution in [3.05, 3.63) is 175 Å². The van der Waals surface area contributed by atoms with Crippen LogP contribution in [0.1, 0.15) is 45.5 Å². The highest BCUT2D eigenvalue weighted by Gasteiger charge is 2.37. The second kappa shape index (κ2) is 11.3. The van der Waals surface area contributed by atoms with Crippen LogP contribution < -0.4 is 0 Å². The van der Waals surface area contributed by atoms with Crippen LogP contribution in [0.15, 0.2) is 163 Å². The lowest BCUT2D eigenvalue weighted by Crippen LogP contribution is -2.14. The molecule has 1 aromatic heterocycles. The number of benzene rings is 8. The van der Waals surface area contributed by atoms with Gasteiger partial charge in [-0.1, -0.05) is 171 Å². The second-order valence-corrected chi connectivity index (χ2v) is 12.8. The van der Waals surface area contributed by atoms with Crippen LogP contribution in [-0.4, -0.2) is 15.0 Å². The molecule has 240 valence electrons. The number of rotatable bonds is 4. The van der Waals surface area contributed by atoms with Crippen molar-refractivity contribution in [3.63, 3.8) is 0 Å². The molecule has 3 nitrogen and oxygen atoms in total. The first-order chi connectivity index (χ1) is 31.3. The molecule has 9 aromatic rings. The summed E-state index contributed by atoms with van der Waals surface area (Å²) in [5.74, 6) is 0.211. The highest BCUT2D eigenvalue weighted by atomic mass is 15.0. The van der Waals surface area contributed by atoms with Gasteiger partial charge in [0, 0.05) is 22.1 Å². The molecule has 10 rings (SSSR count). The van der Waals surface area contributed by atoms with Gasteiger partial charge in [0.15, 0.2) is 17.5 Å². The van der Waals surface area contributed by atoms with Gasteiger partial charge in [-0.3, -0.25) is 0 Å². The van der Waals surface area contributed by atoms with Gasteiger partial charge in [-0.05, 0) is 71.7 Å². The van der Waals surface area contributed by atoms with Gasteiger partial charge in [-0.15, -0.1) is 0 Å². The maximum atomic E-state index is 9.65. The van der Waals surface area contributed by atoms with E-state index in [2.05, 4.69) is 26.0 Å². The number of nitrogens with zero attached hydrogens (tertiary/aromatic N) is 3. The van der Waals surface area contributed by atoms with Crippen LogP contribution in [0.3, 0.4) is 0 Å². The number of aromatic nitrogens is 3. The van der Waals surface area contributed by atoms with Crippen LogP contribution in [0, 0.1) is 0 Å². The van der Waals surface area contributed by atoms with Gasteiger partial charge >= 0.3 is 0 Å². The van der Waals surface area contributed by atoms with Crippen molar-refractivity contribution < 1.29 is 20.6 Å². The zero-order chi connectivity index (χ0) is 47.2. The van der Waals surface area contributed by atoms with Crippen molar-refractivity contribution in [1.82, 2.24) is 15.0 Å². The average molecular weight is 667 g/mol. The third kappa shape index (κ3) is 4.62. The van der Waals surface area contributed by atoms with E-state index in [0.29, 0.717) is 11.1 Å². The van der Waals surface area contributed by atoms with Gasteiger partial charge < -0.3 is 0 Å². The molecule has 0 spiro atoms. The molecule has 1 heterocycles. The summed E-state index contributed by atoms with van der Waals surface area (Å²) in [5, 5.41) is -2.16. The minimum absolute atomic E-state index is 0.190. The molecule has 51 heavy (non-hydrogen) atoms. The van der Waals surface area contributed by atoms with Crippen molar-refractivity contribution in [2.45, 2.75) is 19.3 Å². The predicted octanol–water partition coefficient (Wildman–Crippen LogP) is 12.3. The summed E-state index contributed by atoms with van der Waals surface area (Å²) in [5.41, 5.74) is 3.48. The third-order valence-corrected chi connectivity index (χ3v) is 9.55. The Kier molecular flexibility index (Phi) is 3.98. The fourth-order valence-corrected chi connectivity index (χ4v) is 7.10. The third-order valence-electron chi connectivity index (χ3n) is 9.55. The van der Waals surface area contributed by atoms with Gasteiger partial charge in [0.1, 0.15) is 0 Å². The highest BCUT2D eigenvalue weighted by Crippen LogP contribution is 2.51. The van der Waals surface area contributed by atoms with E-state index >= 15 is 0 Å². The maximum Gasteiger partial charge on any atom is 0.164 e. The van der Waals surface area contributed by atoms with Crippen LogP contribution >= 0.6 is 0 Å². The molecule has 1 aliphatic carbocycles. The van der Waals surface area contributed by atoms with E-state index in [1.54, 1.807) is 24.3 Å². The van der Waals surface area contributed by atoms with E-state index in [1.165, 1.54) is 0 Å². The molecule has 0 aliphatic heterocycles. The van der Waals surface area contributed by atoms with E-state index in [9.17, 15) is 9.60 Å². The monoisotopic (exact) mass is 666 g/mol. The zero-order valence-electron chi connectivity index (χ0n) is 42.3. The average Bonchev–Trinajstić information content (AvgIpc) is 3.56. The van der Waals surface area contributed by atoms with Gasteiger partial charge in [-0.25, -0.2) is 15.0 Å². The molecule has 0 fully saturated rings. The van der Waals surface area contributed by atoms with Crippen molar-refractivity contribution in [1.29, 1.82) is 0 Å². The second-order valence-electron chi connectivity index (χ2n) is 12.8. The van der Waals surface area contributed by atoms with Crippen molar-refractivity contribution >= 4 is 32.3 Å². The number of fused-ring (bicyclic) bond motifs is 9. The fraction of sp³-hybridized carbons (Fsp3) is 0.0625. The van der Waals surface area contributed by atoms with E-state index in [1.807, 2.05) is 36.4 Å². The first-order valence-electron chi connectivity index (χ1n) is 23.8. The van der Waals surface area contributed by atoms with E-state index < -0.39 is 102 Å². The molecule has 0 N–H and O–H groups in total. The summed E-state index contributed by atoms with van der Waals surface area (Å²) in [6.07, 6.45) is 0. The Morgan fingerprint density at radius 1 is 0.412 bits per heavy atom. The highest BCUT2D eigenvalue weighted by molar-refractivity contribution is 6.25. The Morgan fingerprint density at radius 3 is 1.63 bits per heavy atom. The number of hydrogen-bond acceptors (Lipinski definition) is 3. The fourth-order valence-electron chi connectivity index (χ4n) is 7.10. The summed E-state index contributed by atoms with van der Waals surface area (Å²) in [6.45, 7) is 4.27. The minimum Gasteiger partial charge on any atom is -0.208 e. The molecule has 0 unspecified atom stereocenters. The molecule has 0 radical (unpaired) electrons. The van der Waals surface area contributed by atoms with Crippen molar-refractivity contribution in [3.8, 4) is 56.4 Å². The van der Waals surface area contributed by atoms with Crippen LogP contribution in [0.4, 0.5) is 0 Å². The molecule has 1 aliphatic rings. The molecule has 0 bridgehead atoms. The molecule has 8 aromatic carbocycles. The van der Waals surface area contributed by atoms with Crippen LogP contribution in [-0.2, 0) is 5.41 Å². The topological polar surface area (TPSA) is 38.7 Å². The van der Waals surface area contributed by atoms with Crippen LogP contribution in [0.2, 0.25) is 0 Å². The van der Waals surface area contributed by atoms with Crippen molar-refractivity contribution in [2.75, 3.05) is 0 Å². The zero-order valence-corrected chi connectivity index (χ0v) is 27.3. The van der Waals surface area contributed by atoms with Gasteiger partial charge in [0.2, 0.25) is 0 Å². The lowest BCUT2D eigenvalue weighted by atomic mass is 9.82. The summed E-state index contributed by atoms with van der Waals surface area (Å²) >= 11 is 0. The predicted molar refractivity (Wildman–Crippen MR) is 212 cm³/mol. The lowest BCUT2D eigenvalue weighted by molar-refractivity contribution is 0.660. The van der Waals surface area contributed by atoms with E-state index in [4.69, 9.17) is 25.9 Å². The molecular weight excluding hydrogens is 619 g/mol. The molecular formula is C48H33N3. The van der Waals surface area contributed by atoms with Crippen LogP contribution in [0.25, 0.3) is 88.7 Å². The molecule has 0 saturated heterocycles. The minimum atomic E-state index is -0.773. The Morgan fingerprint density at radius 2 is 0.922 bits per heavy atom. The van der Waals surface area contributed by atoms with E-state index in [-0.39, 0.29) is 60.8 Å². The first kappa shape index (κ1) is 18.0. The van der Waals surface area contributed by atoms with Gasteiger partial charge in [0.05, 0.1) is 20.6 Å². The molecule has 0 saturated carbocycles. The summed E-state index contributed by atoms with van der Waals surface area (Å²) in [6, 6.07) is 12.4. The van der Waals surface area contributed by atoms with Crippen LogP contribution in [0.5, 0.6) is 0 Å². The van der Waals surface area contributed by atoms with E-state index in [0.717, 1.165) is 22.3 Å². The molecule has 3 heteroatoms. The Labute approximate surface area is 318 Å². The summed E-state index contributed by atoms with van der Waals surface area (Å²) < 4.78 is 136. The lowest BCUT2D eigenvalue weighted by Gasteiger charge is -2.21. The number of hydrogen-bond donors (Lipinski definition) is 0. The normalized spacial score (nSPS) is 17.2. The first-order valence-corrected chi connectivity index (χ1v) is 16.3. The summed E-state index contributed by atoms with van der Waals surface area (Å²) in [4.78, 5) is 14.5. The molecule has 0 amide bonds. The molecule has 0 atom stereocenters. The maximum absolute atomic E-state index is 9.65. The summed E-state index contributed by atoms with van der Waals surface area (Å²) in [7, 11) is 0. The van der Waals surface area contributed by atoms with Gasteiger partial charge in [-0.2, -0.15) is 0 Å². The van der Waals surface area contributed by atoms with Gasteiger partial charge in [0.25, 0.3) is 0 Å². The Balaban J connectivity index is 1.28. The Hall–Kier alpha value is -6.45. The van der Waals surface area contributed by atoms with Crippen molar-refractivity contribution in [2.24, 2.45) is 0 Å². The smallest absolute Gasteiger partial charge is 0.164 e. The Bertz CT molecular complexity index is 3610. The SMILES string of the molecule is [2H]c1c([2H])c(-c2c([2H])c([2H])c3c4c([2H])c([2H])c([2H])c([2H])c4c4c([2H])c([2H])c([2H])c([2H])c4c3c2[2H])c([2H])c([2H])c1-c1nc(-c2ccccc2)nc(-c2cccc3c2-c2ccccc2C3(C)C)n1.